The SMILES string of the molecule is C[C@H]1CN(c2nccc3ccc(O)cc23)CCN1. The van der Waals surface area contributed by atoms with Crippen LogP contribution >= 0.6 is 0 Å². The van der Waals surface area contributed by atoms with Crippen molar-refractivity contribution in [2.24, 2.45) is 0 Å². The van der Waals surface area contributed by atoms with Gasteiger partial charge in [-0.05, 0) is 30.5 Å². The summed E-state index contributed by atoms with van der Waals surface area (Å²) >= 11 is 0. The van der Waals surface area contributed by atoms with E-state index >= 15 is 0 Å². The fourth-order valence-corrected chi connectivity index (χ4v) is 2.52. The van der Waals surface area contributed by atoms with Crippen molar-refractivity contribution < 1.29 is 5.11 Å². The Kier molecular flexibility index (Phi) is 2.80. The first-order valence-corrected chi connectivity index (χ1v) is 6.30. The van der Waals surface area contributed by atoms with Crippen LogP contribution in [0.1, 0.15) is 6.92 Å². The van der Waals surface area contributed by atoms with E-state index in [-0.39, 0.29) is 0 Å². The second-order valence-electron chi connectivity index (χ2n) is 4.84. The lowest BCUT2D eigenvalue weighted by atomic mass is 10.1. The molecule has 0 amide bonds. The summed E-state index contributed by atoms with van der Waals surface area (Å²) in [6, 6.07) is 7.88. The van der Waals surface area contributed by atoms with Crippen LogP contribution in [-0.4, -0.2) is 35.8 Å². The van der Waals surface area contributed by atoms with Gasteiger partial charge in [0, 0.05) is 37.3 Å². The zero-order valence-corrected chi connectivity index (χ0v) is 10.4. The second-order valence-corrected chi connectivity index (χ2v) is 4.84. The van der Waals surface area contributed by atoms with Crippen molar-refractivity contribution in [2.45, 2.75) is 13.0 Å². The van der Waals surface area contributed by atoms with Crippen molar-refractivity contribution >= 4 is 16.6 Å². The normalized spacial score (nSPS) is 20.3. The first kappa shape index (κ1) is 11.3. The van der Waals surface area contributed by atoms with Gasteiger partial charge in [-0.1, -0.05) is 6.07 Å². The minimum absolute atomic E-state index is 0.292. The Labute approximate surface area is 106 Å². The highest BCUT2D eigenvalue weighted by atomic mass is 16.3. The van der Waals surface area contributed by atoms with Gasteiger partial charge in [0.25, 0.3) is 0 Å². The molecule has 1 aliphatic heterocycles. The highest BCUT2D eigenvalue weighted by molar-refractivity contribution is 5.93. The molecule has 2 N–H and O–H groups in total. The minimum atomic E-state index is 0.292. The van der Waals surface area contributed by atoms with Crippen molar-refractivity contribution in [2.75, 3.05) is 24.5 Å². The van der Waals surface area contributed by atoms with E-state index in [1.807, 2.05) is 18.3 Å². The van der Waals surface area contributed by atoms with E-state index < -0.39 is 0 Å². The Morgan fingerprint density at radius 1 is 1.39 bits per heavy atom. The monoisotopic (exact) mass is 243 g/mol. The number of aromatic nitrogens is 1. The van der Waals surface area contributed by atoms with Gasteiger partial charge in [-0.2, -0.15) is 0 Å². The van der Waals surface area contributed by atoms with Gasteiger partial charge in [0.1, 0.15) is 11.6 Å². The average Bonchev–Trinajstić information content (AvgIpc) is 2.38. The highest BCUT2D eigenvalue weighted by Gasteiger charge is 2.18. The number of phenols is 1. The first-order chi connectivity index (χ1) is 8.74. The Bertz CT molecular complexity index is 570. The maximum atomic E-state index is 9.65. The van der Waals surface area contributed by atoms with Gasteiger partial charge in [-0.25, -0.2) is 4.98 Å². The predicted molar refractivity (Wildman–Crippen MR) is 73.1 cm³/mol. The molecular weight excluding hydrogens is 226 g/mol. The molecule has 4 heteroatoms. The Morgan fingerprint density at radius 3 is 3.11 bits per heavy atom. The summed E-state index contributed by atoms with van der Waals surface area (Å²) in [5.74, 6) is 1.26. The summed E-state index contributed by atoms with van der Waals surface area (Å²) < 4.78 is 0. The fourth-order valence-electron chi connectivity index (χ4n) is 2.52. The van der Waals surface area contributed by atoms with Crippen LogP contribution < -0.4 is 10.2 Å². The average molecular weight is 243 g/mol. The van der Waals surface area contributed by atoms with Gasteiger partial charge < -0.3 is 15.3 Å². The Morgan fingerprint density at radius 2 is 2.28 bits per heavy atom. The summed E-state index contributed by atoms with van der Waals surface area (Å²) in [5, 5.41) is 15.2. The number of phenolic OH excluding ortho intramolecular Hbond substituents is 1. The minimum Gasteiger partial charge on any atom is -0.508 e. The molecule has 0 radical (unpaired) electrons. The zero-order chi connectivity index (χ0) is 12.5. The van der Waals surface area contributed by atoms with E-state index in [4.69, 9.17) is 0 Å². The molecule has 3 rings (SSSR count). The Balaban J connectivity index is 2.07. The van der Waals surface area contributed by atoms with E-state index in [2.05, 4.69) is 22.1 Å². The number of rotatable bonds is 1. The molecule has 1 atom stereocenters. The smallest absolute Gasteiger partial charge is 0.136 e. The zero-order valence-electron chi connectivity index (χ0n) is 10.4. The van der Waals surface area contributed by atoms with Gasteiger partial charge >= 0.3 is 0 Å². The summed E-state index contributed by atoms with van der Waals surface area (Å²) in [7, 11) is 0. The molecule has 2 aromatic rings. The largest absolute Gasteiger partial charge is 0.508 e. The lowest BCUT2D eigenvalue weighted by Crippen LogP contribution is -2.49. The molecule has 94 valence electrons. The molecule has 0 unspecified atom stereocenters. The van der Waals surface area contributed by atoms with Crippen LogP contribution in [0.3, 0.4) is 0 Å². The standard InChI is InChI=1S/C14H17N3O/c1-10-9-17(7-6-15-10)14-13-8-12(18)3-2-11(13)4-5-16-14/h2-5,8,10,15,18H,6-7,9H2,1H3/t10-/m0/s1. The van der Waals surface area contributed by atoms with Crippen molar-refractivity contribution in [3.63, 3.8) is 0 Å². The number of aromatic hydroxyl groups is 1. The fraction of sp³-hybridized carbons (Fsp3) is 0.357. The molecule has 1 aromatic heterocycles. The summed E-state index contributed by atoms with van der Waals surface area (Å²) in [4.78, 5) is 6.77. The number of nitrogens with one attached hydrogen (secondary N) is 1. The number of piperazine rings is 1. The van der Waals surface area contributed by atoms with Gasteiger partial charge in [0.15, 0.2) is 0 Å². The number of benzene rings is 1. The Hall–Kier alpha value is -1.81. The van der Waals surface area contributed by atoms with Crippen LogP contribution in [0, 0.1) is 0 Å². The highest BCUT2D eigenvalue weighted by Crippen LogP contribution is 2.28. The van der Waals surface area contributed by atoms with Crippen molar-refractivity contribution in [1.29, 1.82) is 0 Å². The summed E-state index contributed by atoms with van der Waals surface area (Å²) in [5.41, 5.74) is 0. The van der Waals surface area contributed by atoms with E-state index in [9.17, 15) is 5.11 Å². The van der Waals surface area contributed by atoms with Crippen LogP contribution in [0.15, 0.2) is 30.5 Å². The number of anilines is 1. The van der Waals surface area contributed by atoms with Crippen molar-refractivity contribution in [1.82, 2.24) is 10.3 Å². The van der Waals surface area contributed by atoms with Gasteiger partial charge in [0.2, 0.25) is 0 Å². The number of pyridine rings is 1. The molecule has 1 aromatic carbocycles. The van der Waals surface area contributed by atoms with Crippen molar-refractivity contribution in [3.8, 4) is 5.75 Å². The number of hydrogen-bond acceptors (Lipinski definition) is 4. The molecule has 1 fully saturated rings. The molecule has 0 bridgehead atoms. The second kappa shape index (κ2) is 4.46. The topological polar surface area (TPSA) is 48.4 Å². The van der Waals surface area contributed by atoms with Crippen LogP contribution in [0.2, 0.25) is 0 Å². The molecule has 1 saturated heterocycles. The number of hydrogen-bond donors (Lipinski definition) is 2. The number of nitrogens with zero attached hydrogens (tertiary/aromatic N) is 2. The van der Waals surface area contributed by atoms with Crippen molar-refractivity contribution in [3.05, 3.63) is 30.5 Å². The molecule has 0 aliphatic carbocycles. The van der Waals surface area contributed by atoms with Crippen LogP contribution in [0.5, 0.6) is 5.75 Å². The third-order valence-corrected chi connectivity index (χ3v) is 3.40. The predicted octanol–water partition coefficient (Wildman–Crippen LogP) is 1.74. The van der Waals surface area contributed by atoms with Crippen LogP contribution in [0.4, 0.5) is 5.82 Å². The van der Waals surface area contributed by atoms with Crippen LogP contribution in [0.25, 0.3) is 10.8 Å². The molecule has 18 heavy (non-hydrogen) atoms. The third kappa shape index (κ3) is 1.99. The lowest BCUT2D eigenvalue weighted by Gasteiger charge is -2.33. The molecule has 1 aliphatic rings. The lowest BCUT2D eigenvalue weighted by molar-refractivity contribution is 0.475. The van der Waals surface area contributed by atoms with E-state index in [0.717, 1.165) is 36.2 Å². The third-order valence-electron chi connectivity index (χ3n) is 3.40. The molecule has 0 spiro atoms. The molecular formula is C14H17N3O. The summed E-state index contributed by atoms with van der Waals surface area (Å²) in [6.45, 7) is 5.04. The maximum absolute atomic E-state index is 9.65. The van der Waals surface area contributed by atoms with Gasteiger partial charge in [-0.15, -0.1) is 0 Å². The van der Waals surface area contributed by atoms with E-state index in [1.165, 1.54) is 0 Å². The first-order valence-electron chi connectivity index (χ1n) is 6.30. The molecule has 4 nitrogen and oxygen atoms in total. The summed E-state index contributed by atoms with van der Waals surface area (Å²) in [6.07, 6.45) is 1.83. The van der Waals surface area contributed by atoms with Crippen LogP contribution in [-0.2, 0) is 0 Å². The maximum Gasteiger partial charge on any atom is 0.136 e. The quantitative estimate of drug-likeness (QED) is 0.801. The van der Waals surface area contributed by atoms with Gasteiger partial charge in [-0.3, -0.25) is 0 Å². The molecule has 0 saturated carbocycles. The van der Waals surface area contributed by atoms with Gasteiger partial charge in [0.05, 0.1) is 0 Å². The van der Waals surface area contributed by atoms with E-state index in [1.54, 1.807) is 12.1 Å². The number of fused-ring (bicyclic) bond motifs is 1. The molecule has 2 heterocycles. The van der Waals surface area contributed by atoms with E-state index in [0.29, 0.717) is 11.8 Å².